The van der Waals surface area contributed by atoms with Gasteiger partial charge in [-0.1, -0.05) is 24.3 Å². The van der Waals surface area contributed by atoms with Crippen LogP contribution in [0.2, 0.25) is 0 Å². The number of aromatic amines is 1. The lowest BCUT2D eigenvalue weighted by atomic mass is 10.1. The number of anilines is 3. The van der Waals surface area contributed by atoms with E-state index in [0.717, 1.165) is 15.6 Å². The van der Waals surface area contributed by atoms with Crippen molar-refractivity contribution in [1.82, 2.24) is 20.1 Å². The number of carbonyl (C=O) groups is 1. The van der Waals surface area contributed by atoms with E-state index < -0.39 is 23.2 Å². The lowest BCUT2D eigenvalue weighted by molar-refractivity contribution is -0.133. The summed E-state index contributed by atoms with van der Waals surface area (Å²) in [6.07, 6.45) is 1.56. The lowest BCUT2D eigenvalue weighted by Crippen LogP contribution is -2.55. The first-order valence-corrected chi connectivity index (χ1v) is 13.1. The van der Waals surface area contributed by atoms with Crippen molar-refractivity contribution in [1.29, 1.82) is 0 Å². The number of aromatic nitrogens is 3. The molecule has 8 nitrogen and oxygen atoms in total. The summed E-state index contributed by atoms with van der Waals surface area (Å²) >= 11 is 1.31. The Labute approximate surface area is 229 Å². The molecule has 5 aromatic rings. The summed E-state index contributed by atoms with van der Waals surface area (Å²) in [5, 5.41) is 12.9. The van der Waals surface area contributed by atoms with Gasteiger partial charge in [0.15, 0.2) is 0 Å². The highest BCUT2D eigenvalue weighted by atomic mass is 32.1. The number of benzene rings is 2. The Morgan fingerprint density at radius 2 is 1.88 bits per heavy atom. The zero-order valence-electron chi connectivity index (χ0n) is 20.7. The molecule has 0 spiro atoms. The van der Waals surface area contributed by atoms with E-state index in [1.165, 1.54) is 35.6 Å². The molecule has 0 unspecified atom stereocenters. The first kappa shape index (κ1) is 25.7. The van der Waals surface area contributed by atoms with Crippen LogP contribution in [-0.2, 0) is 6.54 Å². The highest BCUT2D eigenvalue weighted by molar-refractivity contribution is 7.20. The van der Waals surface area contributed by atoms with Gasteiger partial charge in [0.25, 0.3) is 17.4 Å². The minimum atomic E-state index is -2.63. The van der Waals surface area contributed by atoms with E-state index in [9.17, 15) is 22.8 Å². The molecule has 1 saturated heterocycles. The third-order valence-corrected chi connectivity index (χ3v) is 7.48. The number of thiophene rings is 1. The molecule has 1 amide bonds. The van der Waals surface area contributed by atoms with E-state index in [1.807, 2.05) is 24.3 Å². The van der Waals surface area contributed by atoms with Gasteiger partial charge in [0.2, 0.25) is 0 Å². The second kappa shape index (κ2) is 10.2. The van der Waals surface area contributed by atoms with Gasteiger partial charge in [0.1, 0.15) is 17.3 Å². The van der Waals surface area contributed by atoms with E-state index in [-0.39, 0.29) is 24.5 Å². The average molecular weight is 563 g/mol. The maximum atomic E-state index is 14.6. The first-order chi connectivity index (χ1) is 19.2. The van der Waals surface area contributed by atoms with Crippen molar-refractivity contribution in [3.8, 4) is 11.3 Å². The van der Waals surface area contributed by atoms with Crippen LogP contribution in [0, 0.1) is 5.82 Å². The van der Waals surface area contributed by atoms with Crippen molar-refractivity contribution in [3.05, 3.63) is 99.5 Å². The van der Waals surface area contributed by atoms with E-state index in [2.05, 4.69) is 25.8 Å². The molecule has 0 radical (unpaired) electrons. The molecule has 0 bridgehead atoms. The van der Waals surface area contributed by atoms with Gasteiger partial charge in [-0.25, -0.2) is 23.3 Å². The topological polar surface area (TPSA) is 103 Å². The number of H-pyrrole nitrogens is 1. The highest BCUT2D eigenvalue weighted by Crippen LogP contribution is 2.30. The molecule has 1 aliphatic heterocycles. The quantitative estimate of drug-likeness (QED) is 0.238. The van der Waals surface area contributed by atoms with Crippen molar-refractivity contribution in [2.75, 3.05) is 23.7 Å². The van der Waals surface area contributed by atoms with Crippen LogP contribution in [0.15, 0.2) is 77.7 Å². The number of likely N-dealkylation sites (tertiary alicyclic amines) is 1. The summed E-state index contributed by atoms with van der Waals surface area (Å²) in [7, 11) is 0. The van der Waals surface area contributed by atoms with Crippen molar-refractivity contribution in [3.63, 3.8) is 0 Å². The van der Waals surface area contributed by atoms with E-state index in [1.54, 1.807) is 29.3 Å². The molecule has 1 aliphatic rings. The van der Waals surface area contributed by atoms with E-state index in [4.69, 9.17) is 0 Å². The predicted octanol–water partition coefficient (Wildman–Crippen LogP) is 5.63. The van der Waals surface area contributed by atoms with Gasteiger partial charge in [-0.05, 0) is 53.4 Å². The molecule has 0 saturated carbocycles. The van der Waals surface area contributed by atoms with Crippen molar-refractivity contribution in [2.24, 2.45) is 0 Å². The van der Waals surface area contributed by atoms with Gasteiger partial charge < -0.3 is 10.6 Å². The molecule has 40 heavy (non-hydrogen) atoms. The Morgan fingerprint density at radius 1 is 1.05 bits per heavy atom. The van der Waals surface area contributed by atoms with Crippen molar-refractivity contribution >= 4 is 44.5 Å². The number of alkyl halides is 2. The van der Waals surface area contributed by atoms with Crippen LogP contribution in [0.4, 0.5) is 30.4 Å². The highest BCUT2D eigenvalue weighted by Gasteiger charge is 2.43. The predicted molar refractivity (Wildman–Crippen MR) is 148 cm³/mol. The maximum Gasteiger partial charge on any atom is 0.287 e. The number of pyridine rings is 1. The van der Waals surface area contributed by atoms with Crippen LogP contribution < -0.4 is 16.2 Å². The Balaban J connectivity index is 1.18. The summed E-state index contributed by atoms with van der Waals surface area (Å²) in [4.78, 5) is 31.6. The lowest BCUT2D eigenvalue weighted by Gasteiger charge is -2.38. The van der Waals surface area contributed by atoms with Crippen LogP contribution in [0.1, 0.15) is 15.2 Å². The molecule has 3 aromatic heterocycles. The molecule has 12 heteroatoms. The second-order valence-corrected chi connectivity index (χ2v) is 10.6. The van der Waals surface area contributed by atoms with Gasteiger partial charge in [-0.2, -0.15) is 5.10 Å². The molecular formula is C28H21F3N6O2S. The van der Waals surface area contributed by atoms with Crippen LogP contribution in [0.5, 0.6) is 0 Å². The standard InChI is InChI=1S/C28H21F3N6O2S/c29-19-7-6-17(9-21(19)34-27(39)24-10-18-3-1-2-4-23(18)40-24)20-11-22(26(38)36-35-20)33-25-8-5-16(12-32-25)13-37-14-28(30,31)15-37/h1-12H,13-15H2,(H,34,39)(H,36,38)(H,32,33,35). The number of nitrogens with one attached hydrogen (secondary N) is 3. The van der Waals surface area contributed by atoms with Crippen molar-refractivity contribution < 1.29 is 18.0 Å². The van der Waals surface area contributed by atoms with E-state index in [0.29, 0.717) is 28.5 Å². The number of rotatable bonds is 7. The molecule has 0 atom stereocenters. The molecule has 202 valence electrons. The molecule has 3 N–H and O–H groups in total. The summed E-state index contributed by atoms with van der Waals surface area (Å²) in [5.41, 5.74) is 1.17. The summed E-state index contributed by atoms with van der Waals surface area (Å²) in [6.45, 7) is -0.195. The van der Waals surface area contributed by atoms with Crippen LogP contribution in [0.3, 0.4) is 0 Å². The number of nitrogens with zero attached hydrogens (tertiary/aromatic N) is 3. The molecule has 1 fully saturated rings. The van der Waals surface area contributed by atoms with Gasteiger partial charge in [-0.3, -0.25) is 14.5 Å². The second-order valence-electron chi connectivity index (χ2n) is 9.47. The third-order valence-electron chi connectivity index (χ3n) is 6.37. The molecule has 6 rings (SSSR count). The summed E-state index contributed by atoms with van der Waals surface area (Å²) in [5.74, 6) is -3.32. The Kier molecular flexibility index (Phi) is 6.56. The Hall–Kier alpha value is -4.55. The fourth-order valence-corrected chi connectivity index (χ4v) is 5.37. The van der Waals surface area contributed by atoms with Crippen LogP contribution >= 0.6 is 11.3 Å². The largest absolute Gasteiger partial charge is 0.336 e. The van der Waals surface area contributed by atoms with Crippen LogP contribution in [0.25, 0.3) is 21.3 Å². The minimum Gasteiger partial charge on any atom is -0.336 e. The van der Waals surface area contributed by atoms with E-state index >= 15 is 0 Å². The smallest absolute Gasteiger partial charge is 0.287 e. The Bertz CT molecular complexity index is 1750. The fourth-order valence-electron chi connectivity index (χ4n) is 4.41. The number of fused-ring (bicyclic) bond motifs is 1. The van der Waals surface area contributed by atoms with Crippen LogP contribution in [-0.4, -0.2) is 45.0 Å². The van der Waals surface area contributed by atoms with Crippen molar-refractivity contribution in [2.45, 2.75) is 12.5 Å². The number of hydrogen-bond donors (Lipinski definition) is 3. The number of hydrogen-bond acceptors (Lipinski definition) is 7. The molecule has 4 heterocycles. The minimum absolute atomic E-state index is 0.0281. The summed E-state index contributed by atoms with van der Waals surface area (Å²) < 4.78 is 41.7. The fraction of sp³-hybridized carbons (Fsp3) is 0.143. The molecule has 2 aromatic carbocycles. The average Bonchev–Trinajstić information content (AvgIpc) is 3.36. The Morgan fingerprint density at radius 3 is 2.62 bits per heavy atom. The van der Waals surface area contributed by atoms with Gasteiger partial charge in [-0.15, -0.1) is 11.3 Å². The van der Waals surface area contributed by atoms with Gasteiger partial charge >= 0.3 is 0 Å². The monoisotopic (exact) mass is 562 g/mol. The molecular weight excluding hydrogens is 541 g/mol. The first-order valence-electron chi connectivity index (χ1n) is 12.2. The van der Waals surface area contributed by atoms with Gasteiger partial charge in [0.05, 0.1) is 29.3 Å². The third kappa shape index (κ3) is 5.44. The normalized spacial score (nSPS) is 14.6. The number of halogens is 3. The van der Waals surface area contributed by atoms with Gasteiger partial charge in [0, 0.05) is 23.0 Å². The summed E-state index contributed by atoms with van der Waals surface area (Å²) in [6, 6.07) is 18.3. The molecule has 0 aliphatic carbocycles. The number of carbonyl (C=O) groups excluding carboxylic acids is 1. The zero-order valence-corrected chi connectivity index (χ0v) is 21.6. The zero-order chi connectivity index (χ0) is 27.9. The number of amides is 1. The SMILES string of the molecule is O=C(Nc1cc(-c2cc(Nc3ccc(CN4CC(F)(F)C4)cn3)c(=O)[nH]n2)ccc1F)c1cc2ccccc2s1. The maximum absolute atomic E-state index is 14.6.